The van der Waals surface area contributed by atoms with Crippen molar-refractivity contribution < 1.29 is 66.4 Å². The van der Waals surface area contributed by atoms with Crippen molar-refractivity contribution in [2.45, 2.75) is 64.7 Å². The van der Waals surface area contributed by atoms with Gasteiger partial charge in [0.2, 0.25) is 0 Å². The topological polar surface area (TPSA) is 60.4 Å². The molecule has 0 saturated heterocycles. The van der Waals surface area contributed by atoms with Gasteiger partial charge >= 0.3 is 57.4 Å². The van der Waals surface area contributed by atoms with Crippen LogP contribution in [0.15, 0.2) is 18.2 Å². The van der Waals surface area contributed by atoms with Crippen LogP contribution in [0, 0.1) is 0 Å². The van der Waals surface area contributed by atoms with Gasteiger partial charge in [0.05, 0.1) is 5.56 Å². The molecular weight excluding hydrogens is 291 g/mol. The van der Waals surface area contributed by atoms with Crippen molar-refractivity contribution in [2.75, 3.05) is 0 Å². The van der Waals surface area contributed by atoms with Gasteiger partial charge in [-0.15, -0.1) is 0 Å². The van der Waals surface area contributed by atoms with Gasteiger partial charge in [0.15, 0.2) is 0 Å². The first-order chi connectivity index (χ1) is 9.65. The molecule has 0 radical (unpaired) electrons. The summed E-state index contributed by atoms with van der Waals surface area (Å²) in [6, 6.07) is 4.63. The molecule has 0 fully saturated rings. The second-order valence-corrected chi connectivity index (χ2v) is 5.36. The molecule has 0 aromatic heterocycles. The maximum atomic E-state index is 11.3. The van der Waals surface area contributed by atoms with E-state index in [1.165, 1.54) is 57.1 Å². The van der Waals surface area contributed by atoms with Gasteiger partial charge in [-0.05, 0) is 24.5 Å². The average Bonchev–Trinajstić information content (AvgIpc) is 2.43. The fourth-order valence-electron chi connectivity index (χ4n) is 2.36. The second-order valence-electron chi connectivity index (χ2n) is 5.36. The molecule has 1 N–H and O–H groups in total. The zero-order valence-electron chi connectivity index (χ0n) is 13.4. The molecule has 0 spiro atoms. The number of carboxylic acid groups (broad SMARTS) is 1. The molecule has 112 valence electrons. The van der Waals surface area contributed by atoms with Crippen LogP contribution in [0.25, 0.3) is 0 Å². The molecule has 0 bridgehead atoms. The van der Waals surface area contributed by atoms with Gasteiger partial charge in [-0.2, -0.15) is 0 Å². The maximum absolute atomic E-state index is 11.3. The third-order valence-corrected chi connectivity index (χ3v) is 3.59. The Kier molecular flexibility index (Phi) is 12.7. The smallest absolute Gasteiger partial charge is 0.872 e. The van der Waals surface area contributed by atoms with Gasteiger partial charge in [0.25, 0.3) is 0 Å². The van der Waals surface area contributed by atoms with Gasteiger partial charge in [-0.25, -0.2) is 4.79 Å². The minimum atomic E-state index is -1.13. The van der Waals surface area contributed by atoms with Crippen LogP contribution in [0.2, 0.25) is 0 Å². The Morgan fingerprint density at radius 3 is 2.19 bits per heavy atom. The van der Waals surface area contributed by atoms with E-state index in [9.17, 15) is 9.90 Å². The number of hydrogen-bond acceptors (Lipinski definition) is 2. The Hall–Kier alpha value is 0.126. The number of hydrogen-bond donors (Lipinski definition) is 1. The number of aromatic carboxylic acids is 1. The zero-order valence-corrected chi connectivity index (χ0v) is 16.5. The van der Waals surface area contributed by atoms with E-state index in [2.05, 4.69) is 6.92 Å². The standard InChI is InChI=1S/C17H26O3.K/c1-2-3-4-5-6-7-8-9-10-14-11-12-16(18)15(13-14)17(19)20;/h11-13,18H,2-10H2,1H3,(H,19,20);/q;+1/p-1. The number of aryl methyl sites for hydroxylation is 1. The predicted octanol–water partition coefficient (Wildman–Crippen LogP) is 1.15. The summed E-state index contributed by atoms with van der Waals surface area (Å²) in [5.41, 5.74) is 0.843. The molecular formula is C17H25KO3. The van der Waals surface area contributed by atoms with E-state index in [0.29, 0.717) is 0 Å². The van der Waals surface area contributed by atoms with Crippen LogP contribution in [0.1, 0.15) is 74.2 Å². The van der Waals surface area contributed by atoms with Gasteiger partial charge < -0.3 is 10.2 Å². The molecule has 3 nitrogen and oxygen atoms in total. The quantitative estimate of drug-likeness (QED) is 0.520. The van der Waals surface area contributed by atoms with Crippen LogP contribution < -0.4 is 56.5 Å². The molecule has 1 rings (SSSR count). The molecule has 0 aliphatic rings. The Bertz CT molecular complexity index is 418. The van der Waals surface area contributed by atoms with Crippen molar-refractivity contribution in [1.82, 2.24) is 0 Å². The van der Waals surface area contributed by atoms with Crippen LogP contribution >= 0.6 is 0 Å². The van der Waals surface area contributed by atoms with Crippen molar-refractivity contribution in [2.24, 2.45) is 0 Å². The first-order valence-electron chi connectivity index (χ1n) is 7.68. The average molecular weight is 316 g/mol. The van der Waals surface area contributed by atoms with E-state index in [1.54, 1.807) is 6.07 Å². The molecule has 0 unspecified atom stereocenters. The monoisotopic (exact) mass is 316 g/mol. The van der Waals surface area contributed by atoms with Gasteiger partial charge in [-0.3, -0.25) is 0 Å². The molecule has 0 aliphatic carbocycles. The Balaban J connectivity index is 0.00000400. The number of benzene rings is 1. The van der Waals surface area contributed by atoms with E-state index in [1.807, 2.05) is 0 Å². The Labute approximate surface area is 170 Å². The summed E-state index contributed by atoms with van der Waals surface area (Å²) in [6.07, 6.45) is 10.9. The fraction of sp³-hybridized carbons (Fsp3) is 0.588. The number of carboxylic acids is 1. The Morgan fingerprint density at radius 1 is 1.05 bits per heavy atom. The molecule has 1 aromatic carbocycles. The molecule has 1 aromatic rings. The summed E-state index contributed by atoms with van der Waals surface area (Å²) in [5, 5.41) is 20.2. The van der Waals surface area contributed by atoms with Crippen LogP contribution in [0.4, 0.5) is 0 Å². The fourth-order valence-corrected chi connectivity index (χ4v) is 2.36. The first-order valence-corrected chi connectivity index (χ1v) is 7.68. The van der Waals surface area contributed by atoms with E-state index < -0.39 is 11.7 Å². The van der Waals surface area contributed by atoms with Crippen molar-refractivity contribution in [3.8, 4) is 5.75 Å². The number of carbonyl (C=O) groups is 1. The third-order valence-electron chi connectivity index (χ3n) is 3.59. The molecule has 4 heteroatoms. The summed E-state index contributed by atoms with van der Waals surface area (Å²) in [5.74, 6) is -1.54. The van der Waals surface area contributed by atoms with E-state index in [4.69, 9.17) is 5.11 Å². The minimum absolute atomic E-state index is 0. The van der Waals surface area contributed by atoms with Crippen LogP contribution in [0.5, 0.6) is 5.75 Å². The summed E-state index contributed by atoms with van der Waals surface area (Å²) >= 11 is 0. The minimum Gasteiger partial charge on any atom is -0.872 e. The molecule has 0 aliphatic heterocycles. The van der Waals surface area contributed by atoms with Crippen molar-refractivity contribution in [3.05, 3.63) is 29.3 Å². The predicted molar refractivity (Wildman–Crippen MR) is 79.2 cm³/mol. The zero-order chi connectivity index (χ0) is 14.8. The normalized spacial score (nSPS) is 10.1. The Morgan fingerprint density at radius 2 is 1.62 bits per heavy atom. The number of rotatable bonds is 10. The molecule has 0 amide bonds. The van der Waals surface area contributed by atoms with Gasteiger partial charge in [0, 0.05) is 0 Å². The molecule has 0 saturated carbocycles. The van der Waals surface area contributed by atoms with E-state index in [0.717, 1.165) is 18.4 Å². The van der Waals surface area contributed by atoms with Crippen LogP contribution in [0.3, 0.4) is 0 Å². The molecule has 0 heterocycles. The van der Waals surface area contributed by atoms with E-state index in [-0.39, 0.29) is 56.9 Å². The first kappa shape index (κ1) is 21.1. The van der Waals surface area contributed by atoms with Crippen molar-refractivity contribution in [3.63, 3.8) is 0 Å². The van der Waals surface area contributed by atoms with Crippen molar-refractivity contribution >= 4 is 5.97 Å². The summed E-state index contributed by atoms with van der Waals surface area (Å²) in [4.78, 5) is 10.9. The SMILES string of the molecule is CCCCCCCCCCc1ccc([O-])c(C(=O)O)c1.[K+]. The maximum Gasteiger partial charge on any atom is 1.00 e. The van der Waals surface area contributed by atoms with Gasteiger partial charge in [-0.1, -0.05) is 69.8 Å². The summed E-state index contributed by atoms with van der Waals surface area (Å²) < 4.78 is 0. The van der Waals surface area contributed by atoms with Crippen LogP contribution in [-0.2, 0) is 6.42 Å². The molecule has 0 atom stereocenters. The summed E-state index contributed by atoms with van der Waals surface area (Å²) in [6.45, 7) is 2.22. The molecule has 21 heavy (non-hydrogen) atoms. The number of unbranched alkanes of at least 4 members (excludes halogenated alkanes) is 7. The second kappa shape index (κ2) is 12.6. The van der Waals surface area contributed by atoms with E-state index >= 15 is 0 Å². The van der Waals surface area contributed by atoms with Crippen LogP contribution in [-0.4, -0.2) is 11.1 Å². The van der Waals surface area contributed by atoms with Gasteiger partial charge in [0.1, 0.15) is 0 Å². The summed E-state index contributed by atoms with van der Waals surface area (Å²) in [7, 11) is 0. The largest absolute Gasteiger partial charge is 1.00 e. The third kappa shape index (κ3) is 8.99. The van der Waals surface area contributed by atoms with Crippen molar-refractivity contribution in [1.29, 1.82) is 0 Å².